The van der Waals surface area contributed by atoms with Gasteiger partial charge in [0.1, 0.15) is 0 Å². The van der Waals surface area contributed by atoms with Gasteiger partial charge in [-0.2, -0.15) is 18.8 Å². The molecule has 0 spiro atoms. The van der Waals surface area contributed by atoms with Crippen molar-refractivity contribution in [1.29, 1.82) is 0 Å². The van der Waals surface area contributed by atoms with Crippen LogP contribution in [0.25, 0.3) is 5.32 Å². The van der Waals surface area contributed by atoms with Crippen molar-refractivity contribution in [2.75, 3.05) is 39.2 Å². The van der Waals surface area contributed by atoms with Gasteiger partial charge in [-0.15, -0.1) is 6.04 Å². The van der Waals surface area contributed by atoms with Crippen LogP contribution in [0.5, 0.6) is 0 Å². The van der Waals surface area contributed by atoms with Crippen LogP contribution in [0.1, 0.15) is 25.7 Å². The minimum Gasteiger partial charge on any atom is -0.662 e. The van der Waals surface area contributed by atoms with Gasteiger partial charge in [0.2, 0.25) is 0 Å². The van der Waals surface area contributed by atoms with Crippen molar-refractivity contribution in [1.82, 2.24) is 4.90 Å². The van der Waals surface area contributed by atoms with E-state index in [1.165, 1.54) is 43.7 Å². The van der Waals surface area contributed by atoms with Crippen molar-refractivity contribution in [2.45, 2.75) is 31.7 Å². The Morgan fingerprint density at radius 3 is 2.24 bits per heavy atom. The molecule has 1 rings (SSSR count). The zero-order chi connectivity index (χ0) is 11.1. The Kier molecular flexibility index (Phi) is 14.3. The Morgan fingerprint density at radius 1 is 1.18 bits per heavy atom. The van der Waals surface area contributed by atoms with Crippen LogP contribution in [-0.4, -0.2) is 50.1 Å². The van der Waals surface area contributed by atoms with Crippen molar-refractivity contribution in [3.8, 4) is 0 Å². The van der Waals surface area contributed by atoms with Crippen LogP contribution in [0.2, 0.25) is 0 Å². The summed E-state index contributed by atoms with van der Waals surface area (Å²) in [4.78, 5) is 2.26. The molecule has 0 radical (unpaired) electrons. The zero-order valence-corrected chi connectivity index (χ0v) is 15.6. The molecular weight excluding hydrogens is 400 g/mol. The van der Waals surface area contributed by atoms with Gasteiger partial charge in [-0.1, -0.05) is 25.7 Å². The Bertz CT molecular complexity index is 159. The number of rotatable bonds is 6. The predicted octanol–water partition coefficient (Wildman–Crippen LogP) is 3.29. The molecule has 0 saturated heterocycles. The van der Waals surface area contributed by atoms with Crippen molar-refractivity contribution in [3.63, 3.8) is 0 Å². The number of hydrogen-bond acceptors (Lipinski definition) is 2. The van der Waals surface area contributed by atoms with Gasteiger partial charge in [-0.05, 0) is 25.8 Å². The molecule has 0 aromatic heterocycles. The second-order valence-electron chi connectivity index (χ2n) is 4.81. The first kappa shape index (κ1) is 20.3. The van der Waals surface area contributed by atoms with Gasteiger partial charge in [0.05, 0.1) is 0 Å². The third-order valence-corrected chi connectivity index (χ3v) is 4.40. The van der Waals surface area contributed by atoms with Crippen LogP contribution in [0.15, 0.2) is 0 Å². The maximum absolute atomic E-state index is 4.39. The van der Waals surface area contributed by atoms with E-state index in [9.17, 15) is 0 Å². The van der Waals surface area contributed by atoms with Crippen LogP contribution in [0.3, 0.4) is 0 Å². The zero-order valence-electron chi connectivity index (χ0n) is 11.8. The Hall–Kier alpha value is 0.958. The first-order valence-electron chi connectivity index (χ1n) is 6.03. The molecule has 0 aromatic carbocycles. The van der Waals surface area contributed by atoms with Gasteiger partial charge in [-0.25, -0.2) is 0 Å². The fourth-order valence-electron chi connectivity index (χ4n) is 2.07. The van der Waals surface area contributed by atoms with Crippen LogP contribution in [0, 0.1) is 13.3 Å². The minimum atomic E-state index is 0. The van der Waals surface area contributed by atoms with E-state index in [0.717, 1.165) is 5.92 Å². The normalized spacial score (nSPS) is 24.0. The van der Waals surface area contributed by atoms with E-state index >= 15 is 0 Å². The molecule has 0 atom stereocenters. The summed E-state index contributed by atoms with van der Waals surface area (Å²) in [5.74, 6) is 3.62. The van der Waals surface area contributed by atoms with E-state index in [1.807, 2.05) is 7.05 Å². The largest absolute Gasteiger partial charge is 2.00 e. The molecule has 0 unspecified atom stereocenters. The van der Waals surface area contributed by atoms with E-state index in [2.05, 4.69) is 36.1 Å². The minimum absolute atomic E-state index is 0. The Labute approximate surface area is 127 Å². The molecular formula is C13H28N2SW. The monoisotopic (exact) mass is 428 g/mol. The molecule has 1 aliphatic rings. The summed E-state index contributed by atoms with van der Waals surface area (Å²) in [6.45, 7) is 1.21. The molecule has 1 fully saturated rings. The van der Waals surface area contributed by atoms with E-state index in [4.69, 9.17) is 0 Å². The first-order valence-corrected chi connectivity index (χ1v) is 7.19. The summed E-state index contributed by atoms with van der Waals surface area (Å²) in [6, 6.07) is 0.674. The molecule has 1 aliphatic carbocycles. The second kappa shape index (κ2) is 12.0. The first-order chi connectivity index (χ1) is 7.22. The van der Waals surface area contributed by atoms with E-state index in [-0.39, 0.29) is 28.5 Å². The van der Waals surface area contributed by atoms with E-state index in [1.54, 1.807) is 0 Å². The quantitative estimate of drug-likeness (QED) is 0.477. The summed E-state index contributed by atoms with van der Waals surface area (Å²) in [7, 11) is 6.26. The van der Waals surface area contributed by atoms with Gasteiger partial charge in [0.15, 0.2) is 0 Å². The predicted molar refractivity (Wildman–Crippen MR) is 77.3 cm³/mol. The number of thioether (sulfide) groups is 1. The van der Waals surface area contributed by atoms with Gasteiger partial charge in [0.25, 0.3) is 0 Å². The number of hydrogen-bond donors (Lipinski definition) is 0. The van der Waals surface area contributed by atoms with Gasteiger partial charge in [-0.3, -0.25) is 0 Å². The molecule has 0 N–H and O–H groups in total. The summed E-state index contributed by atoms with van der Waals surface area (Å²) in [5.41, 5.74) is 0. The Balaban J connectivity index is 0. The maximum Gasteiger partial charge on any atom is 2.00 e. The second-order valence-corrected chi connectivity index (χ2v) is 5.96. The molecule has 4 heteroatoms. The van der Waals surface area contributed by atoms with Crippen molar-refractivity contribution in [2.24, 2.45) is 5.92 Å². The molecule has 17 heavy (non-hydrogen) atoms. The summed E-state index contributed by atoms with van der Waals surface area (Å²) in [5, 5.41) is 4.39. The van der Waals surface area contributed by atoms with E-state index < -0.39 is 0 Å². The third-order valence-electron chi connectivity index (χ3n) is 3.22. The number of nitrogens with zero attached hydrogens (tertiary/aromatic N) is 2. The summed E-state index contributed by atoms with van der Waals surface area (Å²) in [6.07, 6.45) is 5.46. The van der Waals surface area contributed by atoms with Crippen LogP contribution in [0.4, 0.5) is 0 Å². The molecule has 0 bridgehead atoms. The van der Waals surface area contributed by atoms with Crippen LogP contribution < -0.4 is 0 Å². The molecule has 0 amide bonds. The average molecular weight is 428 g/mol. The van der Waals surface area contributed by atoms with Crippen molar-refractivity contribution in [3.05, 3.63) is 12.7 Å². The summed E-state index contributed by atoms with van der Waals surface area (Å²) >= 11 is 2.12. The standard InChI is InChI=1S/C12H25N2S.CH3.W/c1-13-12-6-4-11(5-7-12)10-15-9-8-14(2)3;;/h11-12H,4-10H2,1-3H3;1H3;/q2*-1;+2. The maximum atomic E-state index is 4.39. The SMILES string of the molecule is C[N-]C1CCC(CSCCN(C)C)CC1.[CH3-].[W+2]. The van der Waals surface area contributed by atoms with Crippen molar-refractivity contribution < 1.29 is 21.1 Å². The smallest absolute Gasteiger partial charge is 0.662 e. The molecule has 0 heterocycles. The van der Waals surface area contributed by atoms with Gasteiger partial charge < -0.3 is 17.6 Å². The molecule has 0 aliphatic heterocycles. The topological polar surface area (TPSA) is 17.3 Å². The summed E-state index contributed by atoms with van der Waals surface area (Å²) < 4.78 is 0. The van der Waals surface area contributed by atoms with Crippen LogP contribution >= 0.6 is 11.8 Å². The van der Waals surface area contributed by atoms with Crippen LogP contribution in [-0.2, 0) is 21.1 Å². The fraction of sp³-hybridized carbons (Fsp3) is 0.923. The van der Waals surface area contributed by atoms with E-state index in [0.29, 0.717) is 6.04 Å². The van der Waals surface area contributed by atoms with Gasteiger partial charge in [0, 0.05) is 12.3 Å². The average Bonchev–Trinajstić information content (AvgIpc) is 2.25. The molecule has 1 saturated carbocycles. The van der Waals surface area contributed by atoms with Gasteiger partial charge >= 0.3 is 21.1 Å². The fourth-order valence-corrected chi connectivity index (χ4v) is 3.39. The molecule has 102 valence electrons. The molecule has 0 aromatic rings. The third kappa shape index (κ3) is 9.53. The molecule has 2 nitrogen and oxygen atoms in total. The van der Waals surface area contributed by atoms with Crippen molar-refractivity contribution >= 4 is 11.8 Å². The Morgan fingerprint density at radius 2 is 1.76 bits per heavy atom.